The molecule has 0 unspecified atom stereocenters. The number of rotatable bonds is 8. The van der Waals surface area contributed by atoms with Crippen LogP contribution in [-0.2, 0) is 16.6 Å². The van der Waals surface area contributed by atoms with Crippen molar-refractivity contribution < 1.29 is 17.9 Å². The van der Waals surface area contributed by atoms with Gasteiger partial charge in [0.05, 0.1) is 24.0 Å². The number of ether oxygens (including phenoxy) is 1. The number of aromatic nitrogens is 2. The Bertz CT molecular complexity index is 1220. The lowest BCUT2D eigenvalue weighted by molar-refractivity contribution is 0.101. The van der Waals surface area contributed by atoms with Gasteiger partial charge < -0.3 is 4.74 Å². The molecule has 8 nitrogen and oxygen atoms in total. The minimum atomic E-state index is -3.81. The molecule has 0 fully saturated rings. The van der Waals surface area contributed by atoms with Crippen LogP contribution in [0.25, 0.3) is 11.3 Å². The van der Waals surface area contributed by atoms with Gasteiger partial charge in [0.15, 0.2) is 5.78 Å². The quantitative estimate of drug-likeness (QED) is 0.552. The topological polar surface area (TPSA) is 107 Å². The van der Waals surface area contributed by atoms with Gasteiger partial charge >= 0.3 is 0 Å². The Kier molecular flexibility index (Phi) is 6.43. The molecule has 0 atom stereocenters. The summed E-state index contributed by atoms with van der Waals surface area (Å²) in [5.74, 6) is 0.481. The van der Waals surface area contributed by atoms with E-state index in [1.54, 1.807) is 37.4 Å². The fraction of sp³-hybridized carbons (Fsp3) is 0.190. The Morgan fingerprint density at radius 2 is 1.87 bits per heavy atom. The number of hydrogen-bond donors (Lipinski definition) is 1. The molecule has 0 saturated carbocycles. The molecule has 0 radical (unpaired) electrons. The summed E-state index contributed by atoms with van der Waals surface area (Å²) in [6, 6.07) is 14.3. The second-order valence-corrected chi connectivity index (χ2v) is 8.28. The van der Waals surface area contributed by atoms with Crippen LogP contribution in [0.1, 0.15) is 17.3 Å². The molecule has 2 aromatic carbocycles. The van der Waals surface area contributed by atoms with Crippen LogP contribution >= 0.6 is 0 Å². The molecule has 0 aliphatic rings. The number of ketones is 1. The van der Waals surface area contributed by atoms with Gasteiger partial charge in [0.1, 0.15) is 5.75 Å². The predicted molar refractivity (Wildman–Crippen MR) is 112 cm³/mol. The average Bonchev–Trinajstić information content (AvgIpc) is 2.75. The molecule has 0 aliphatic heterocycles. The highest BCUT2D eigenvalue weighted by Crippen LogP contribution is 2.19. The van der Waals surface area contributed by atoms with E-state index < -0.39 is 10.0 Å². The number of nitrogens with zero attached hydrogens (tertiary/aromatic N) is 2. The standard InChI is InChI=1S/C21H21N3O5S/c1-15(25)17-4-3-5-19(12-17)30(27,28)23-10-11-24-14-22-20(13-21(24)26)16-6-8-18(29-2)9-7-16/h3-9,12-14,23H,10-11H2,1-2H3. The normalized spacial score (nSPS) is 11.3. The molecular weight excluding hydrogens is 406 g/mol. The molecule has 0 aliphatic carbocycles. The fourth-order valence-electron chi connectivity index (χ4n) is 2.78. The molecule has 1 heterocycles. The maximum absolute atomic E-state index is 12.4. The van der Waals surface area contributed by atoms with E-state index in [1.807, 2.05) is 0 Å². The van der Waals surface area contributed by atoms with Crippen LogP contribution in [0, 0.1) is 0 Å². The highest BCUT2D eigenvalue weighted by atomic mass is 32.2. The van der Waals surface area contributed by atoms with Crippen molar-refractivity contribution in [2.75, 3.05) is 13.7 Å². The molecular formula is C21H21N3O5S. The summed E-state index contributed by atoms with van der Waals surface area (Å²) in [6.45, 7) is 1.48. The van der Waals surface area contributed by atoms with Crippen molar-refractivity contribution >= 4 is 15.8 Å². The van der Waals surface area contributed by atoms with Crippen LogP contribution in [0.4, 0.5) is 0 Å². The molecule has 9 heteroatoms. The number of hydrogen-bond acceptors (Lipinski definition) is 6. The third-order valence-corrected chi connectivity index (χ3v) is 5.92. The van der Waals surface area contributed by atoms with Crippen LogP contribution in [0.3, 0.4) is 0 Å². The van der Waals surface area contributed by atoms with Crippen LogP contribution in [-0.4, -0.2) is 37.4 Å². The molecule has 0 bridgehead atoms. The Hall–Kier alpha value is -3.30. The van der Waals surface area contributed by atoms with Crippen molar-refractivity contribution in [3.8, 4) is 17.0 Å². The molecule has 0 saturated heterocycles. The van der Waals surface area contributed by atoms with Gasteiger partial charge in [-0.15, -0.1) is 0 Å². The molecule has 1 N–H and O–H groups in total. The van der Waals surface area contributed by atoms with Crippen LogP contribution in [0.15, 0.2) is 70.6 Å². The highest BCUT2D eigenvalue weighted by molar-refractivity contribution is 7.89. The Morgan fingerprint density at radius 3 is 2.50 bits per heavy atom. The first-order chi connectivity index (χ1) is 14.3. The number of carbonyl (C=O) groups excluding carboxylic acids is 1. The van der Waals surface area contributed by atoms with E-state index in [1.165, 1.54) is 42.1 Å². The zero-order valence-corrected chi connectivity index (χ0v) is 17.3. The van der Waals surface area contributed by atoms with Crippen LogP contribution < -0.4 is 15.0 Å². The first kappa shape index (κ1) is 21.4. The van der Waals surface area contributed by atoms with E-state index in [2.05, 4.69) is 9.71 Å². The lowest BCUT2D eigenvalue weighted by Crippen LogP contribution is -2.31. The maximum Gasteiger partial charge on any atom is 0.253 e. The summed E-state index contributed by atoms with van der Waals surface area (Å²) >= 11 is 0. The summed E-state index contributed by atoms with van der Waals surface area (Å²) in [7, 11) is -2.23. The van der Waals surface area contributed by atoms with Crippen LogP contribution in [0.5, 0.6) is 5.75 Å². The van der Waals surface area contributed by atoms with Crippen molar-refractivity contribution in [2.24, 2.45) is 0 Å². The fourth-order valence-corrected chi connectivity index (χ4v) is 3.85. The predicted octanol–water partition coefficient (Wildman–Crippen LogP) is 2.10. The van der Waals surface area contributed by atoms with Gasteiger partial charge in [-0.3, -0.25) is 14.2 Å². The second-order valence-electron chi connectivity index (χ2n) is 6.52. The van der Waals surface area contributed by atoms with Gasteiger partial charge in [-0.2, -0.15) is 0 Å². The summed E-state index contributed by atoms with van der Waals surface area (Å²) < 4.78 is 33.7. The van der Waals surface area contributed by atoms with Crippen molar-refractivity contribution in [1.29, 1.82) is 0 Å². The summed E-state index contributed by atoms with van der Waals surface area (Å²) in [4.78, 5) is 28.1. The minimum Gasteiger partial charge on any atom is -0.497 e. The van der Waals surface area contributed by atoms with Crippen molar-refractivity contribution in [3.63, 3.8) is 0 Å². The zero-order chi connectivity index (χ0) is 21.7. The van der Waals surface area contributed by atoms with Crippen molar-refractivity contribution in [3.05, 3.63) is 76.8 Å². The largest absolute Gasteiger partial charge is 0.497 e. The first-order valence-electron chi connectivity index (χ1n) is 9.12. The van der Waals surface area contributed by atoms with Gasteiger partial charge in [0.2, 0.25) is 10.0 Å². The van der Waals surface area contributed by atoms with E-state index in [9.17, 15) is 18.0 Å². The van der Waals surface area contributed by atoms with Crippen molar-refractivity contribution in [1.82, 2.24) is 14.3 Å². The highest BCUT2D eigenvalue weighted by Gasteiger charge is 2.15. The zero-order valence-electron chi connectivity index (χ0n) is 16.5. The lowest BCUT2D eigenvalue weighted by Gasteiger charge is -2.10. The molecule has 30 heavy (non-hydrogen) atoms. The van der Waals surface area contributed by atoms with Crippen molar-refractivity contribution in [2.45, 2.75) is 18.4 Å². The van der Waals surface area contributed by atoms with Gasteiger partial charge in [0, 0.05) is 30.3 Å². The molecule has 3 aromatic rings. The van der Waals surface area contributed by atoms with Gasteiger partial charge in [-0.05, 0) is 43.3 Å². The van der Waals surface area contributed by atoms with E-state index in [0.29, 0.717) is 17.0 Å². The third kappa shape index (κ3) is 5.00. The number of benzene rings is 2. The first-order valence-corrected chi connectivity index (χ1v) is 10.6. The number of Topliss-reactive ketones (excluding diaryl/α,β-unsaturated/α-hetero) is 1. The van der Waals surface area contributed by atoms with E-state index in [-0.39, 0.29) is 29.3 Å². The summed E-state index contributed by atoms with van der Waals surface area (Å²) in [5, 5.41) is 0. The van der Waals surface area contributed by atoms with Gasteiger partial charge in [0.25, 0.3) is 5.56 Å². The second kappa shape index (κ2) is 9.02. The van der Waals surface area contributed by atoms with E-state index in [4.69, 9.17) is 4.74 Å². The number of methoxy groups -OCH3 is 1. The number of carbonyl (C=O) groups is 1. The molecule has 3 rings (SSSR count). The molecule has 0 spiro atoms. The Morgan fingerprint density at radius 1 is 1.13 bits per heavy atom. The monoisotopic (exact) mass is 427 g/mol. The average molecular weight is 427 g/mol. The van der Waals surface area contributed by atoms with Gasteiger partial charge in [-0.1, -0.05) is 12.1 Å². The lowest BCUT2D eigenvalue weighted by atomic mass is 10.1. The van der Waals surface area contributed by atoms with Gasteiger partial charge in [-0.25, -0.2) is 18.1 Å². The molecule has 0 amide bonds. The molecule has 156 valence electrons. The van der Waals surface area contributed by atoms with E-state index >= 15 is 0 Å². The molecule has 1 aromatic heterocycles. The van der Waals surface area contributed by atoms with E-state index in [0.717, 1.165) is 5.56 Å². The maximum atomic E-state index is 12.4. The number of nitrogens with one attached hydrogen (secondary N) is 1. The summed E-state index contributed by atoms with van der Waals surface area (Å²) in [6.07, 6.45) is 1.38. The SMILES string of the molecule is COc1ccc(-c2cc(=O)n(CCNS(=O)(=O)c3cccc(C(C)=O)c3)cn2)cc1. The minimum absolute atomic E-state index is 0.00387. The third-order valence-electron chi connectivity index (χ3n) is 4.46. The number of sulfonamides is 1. The Balaban J connectivity index is 1.68. The Labute approximate surface area is 174 Å². The summed E-state index contributed by atoms with van der Waals surface area (Å²) in [5.41, 5.74) is 1.30. The smallest absolute Gasteiger partial charge is 0.253 e. The van der Waals surface area contributed by atoms with Crippen LogP contribution in [0.2, 0.25) is 0 Å².